The van der Waals surface area contributed by atoms with Crippen LogP contribution in [-0.4, -0.2) is 12.0 Å². The largest absolute Gasteiger partial charge is 0.367 e. The van der Waals surface area contributed by atoms with Crippen LogP contribution in [0.1, 0.15) is 30.3 Å². The smallest absolute Gasteiger partial charge is 0.103 e. The topological polar surface area (TPSA) is 9.23 Å². The van der Waals surface area contributed by atoms with E-state index in [0.29, 0.717) is 10.0 Å². The number of rotatable bonds is 6. The standard InChI is InChI=1S/C12H17IOS2/c1-9(2)14-8-15-16-12-6-4-11(5-7-12)10(3)13/h4-7,9-10H,8H2,1-3H3. The Hall–Kier alpha value is 0.610. The first-order valence-electron chi connectivity index (χ1n) is 5.24. The van der Waals surface area contributed by atoms with Gasteiger partial charge in [0.2, 0.25) is 0 Å². The van der Waals surface area contributed by atoms with Crippen molar-refractivity contribution in [3.8, 4) is 0 Å². The van der Waals surface area contributed by atoms with Crippen molar-refractivity contribution < 1.29 is 4.74 Å². The maximum Gasteiger partial charge on any atom is 0.103 e. The molecule has 0 bridgehead atoms. The first-order valence-corrected chi connectivity index (χ1v) is 8.81. The molecule has 90 valence electrons. The summed E-state index contributed by atoms with van der Waals surface area (Å²) in [5, 5.41) is 0. The van der Waals surface area contributed by atoms with Crippen LogP contribution >= 0.6 is 44.2 Å². The normalized spacial score (nSPS) is 13.1. The lowest BCUT2D eigenvalue weighted by Gasteiger charge is -2.07. The van der Waals surface area contributed by atoms with Gasteiger partial charge in [-0.15, -0.1) is 0 Å². The monoisotopic (exact) mass is 368 g/mol. The van der Waals surface area contributed by atoms with Crippen LogP contribution in [0.3, 0.4) is 0 Å². The van der Waals surface area contributed by atoms with E-state index in [0.717, 1.165) is 5.94 Å². The van der Waals surface area contributed by atoms with Gasteiger partial charge in [0.05, 0.1) is 6.10 Å². The molecular weight excluding hydrogens is 351 g/mol. The summed E-state index contributed by atoms with van der Waals surface area (Å²) in [5.41, 5.74) is 1.38. The average molecular weight is 368 g/mol. The predicted molar refractivity (Wildman–Crippen MR) is 83.4 cm³/mol. The lowest BCUT2D eigenvalue weighted by molar-refractivity contribution is 0.121. The Kier molecular flexibility index (Phi) is 7.19. The molecule has 0 aliphatic heterocycles. The molecule has 1 aromatic carbocycles. The van der Waals surface area contributed by atoms with E-state index < -0.39 is 0 Å². The fraction of sp³-hybridized carbons (Fsp3) is 0.500. The van der Waals surface area contributed by atoms with Crippen LogP contribution in [0.25, 0.3) is 0 Å². The molecule has 1 atom stereocenters. The third-order valence-electron chi connectivity index (χ3n) is 1.94. The quantitative estimate of drug-likeness (QED) is 0.222. The Morgan fingerprint density at radius 2 is 1.81 bits per heavy atom. The lowest BCUT2D eigenvalue weighted by atomic mass is 10.2. The number of halogens is 1. The number of hydrogen-bond donors (Lipinski definition) is 0. The van der Waals surface area contributed by atoms with Crippen LogP contribution < -0.4 is 0 Å². The van der Waals surface area contributed by atoms with Gasteiger partial charge in [-0.05, 0) is 38.5 Å². The summed E-state index contributed by atoms with van der Waals surface area (Å²) in [4.78, 5) is 1.29. The van der Waals surface area contributed by atoms with Crippen LogP contribution in [0.5, 0.6) is 0 Å². The molecule has 4 heteroatoms. The van der Waals surface area contributed by atoms with Crippen LogP contribution in [0, 0.1) is 0 Å². The average Bonchev–Trinajstić information content (AvgIpc) is 2.25. The third-order valence-corrected chi connectivity index (χ3v) is 4.70. The molecule has 0 radical (unpaired) electrons. The second-order valence-corrected chi connectivity index (χ2v) is 7.90. The van der Waals surface area contributed by atoms with Crippen LogP contribution in [0.15, 0.2) is 29.2 Å². The highest BCUT2D eigenvalue weighted by Gasteiger charge is 2.01. The summed E-state index contributed by atoms with van der Waals surface area (Å²) in [7, 11) is 3.51. The maximum absolute atomic E-state index is 5.47. The van der Waals surface area contributed by atoms with E-state index in [4.69, 9.17) is 4.74 Å². The molecule has 0 spiro atoms. The summed E-state index contributed by atoms with van der Waals surface area (Å²) >= 11 is 2.43. The van der Waals surface area contributed by atoms with Gasteiger partial charge in [0.15, 0.2) is 0 Å². The van der Waals surface area contributed by atoms with Gasteiger partial charge in [-0.25, -0.2) is 0 Å². The molecule has 0 fully saturated rings. The van der Waals surface area contributed by atoms with Gasteiger partial charge in [-0.2, -0.15) is 0 Å². The van der Waals surface area contributed by atoms with Crippen molar-refractivity contribution in [2.75, 3.05) is 5.94 Å². The zero-order chi connectivity index (χ0) is 12.0. The first-order chi connectivity index (χ1) is 7.59. The lowest BCUT2D eigenvalue weighted by Crippen LogP contribution is -1.99. The highest BCUT2D eigenvalue weighted by atomic mass is 127. The molecular formula is C12H17IOS2. The van der Waals surface area contributed by atoms with Gasteiger partial charge in [0.25, 0.3) is 0 Å². The third kappa shape index (κ3) is 5.80. The number of hydrogen-bond acceptors (Lipinski definition) is 3. The van der Waals surface area contributed by atoms with Gasteiger partial charge in [0, 0.05) is 8.82 Å². The highest BCUT2D eigenvalue weighted by molar-refractivity contribution is 14.1. The van der Waals surface area contributed by atoms with Gasteiger partial charge in [-0.1, -0.05) is 56.3 Å². The molecule has 16 heavy (non-hydrogen) atoms. The Morgan fingerprint density at radius 3 is 2.31 bits per heavy atom. The van der Waals surface area contributed by atoms with Gasteiger partial charge in [-0.3, -0.25) is 0 Å². The summed E-state index contributed by atoms with van der Waals surface area (Å²) in [6.07, 6.45) is 0.315. The second kappa shape index (κ2) is 7.84. The van der Waals surface area contributed by atoms with E-state index in [1.54, 1.807) is 21.6 Å². The van der Waals surface area contributed by atoms with Crippen LogP contribution in [0.2, 0.25) is 0 Å². The second-order valence-electron chi connectivity index (χ2n) is 3.72. The van der Waals surface area contributed by atoms with Crippen molar-refractivity contribution in [2.45, 2.75) is 35.7 Å². The Morgan fingerprint density at radius 1 is 1.19 bits per heavy atom. The Bertz CT molecular complexity index is 298. The minimum absolute atomic E-state index is 0.315. The fourth-order valence-corrected chi connectivity index (χ4v) is 3.27. The molecule has 0 aromatic heterocycles. The molecule has 1 nitrogen and oxygen atoms in total. The molecule has 0 N–H and O–H groups in total. The molecule has 0 amide bonds. The van der Waals surface area contributed by atoms with E-state index in [9.17, 15) is 0 Å². The Labute approximate surface area is 120 Å². The van der Waals surface area contributed by atoms with E-state index in [-0.39, 0.29) is 0 Å². The highest BCUT2D eigenvalue weighted by Crippen LogP contribution is 2.32. The van der Waals surface area contributed by atoms with Crippen molar-refractivity contribution in [1.82, 2.24) is 0 Å². The zero-order valence-electron chi connectivity index (χ0n) is 9.77. The molecule has 0 aliphatic rings. The van der Waals surface area contributed by atoms with Crippen molar-refractivity contribution >= 4 is 44.2 Å². The van der Waals surface area contributed by atoms with Crippen molar-refractivity contribution in [3.05, 3.63) is 29.8 Å². The van der Waals surface area contributed by atoms with Gasteiger partial charge < -0.3 is 4.74 Å². The number of ether oxygens (including phenoxy) is 1. The van der Waals surface area contributed by atoms with E-state index in [1.807, 2.05) is 0 Å². The molecule has 0 heterocycles. The zero-order valence-corrected chi connectivity index (χ0v) is 13.6. The van der Waals surface area contributed by atoms with Crippen molar-refractivity contribution in [3.63, 3.8) is 0 Å². The fourth-order valence-electron chi connectivity index (χ4n) is 1.04. The SMILES string of the molecule is CC(C)OCSSc1ccc(C(C)I)cc1. The summed E-state index contributed by atoms with van der Waals surface area (Å²) in [6, 6.07) is 8.75. The van der Waals surface area contributed by atoms with Crippen molar-refractivity contribution in [2.24, 2.45) is 0 Å². The van der Waals surface area contributed by atoms with E-state index in [2.05, 4.69) is 67.6 Å². The summed E-state index contributed by atoms with van der Waals surface area (Å²) in [5.74, 6) is 0.743. The van der Waals surface area contributed by atoms with E-state index in [1.165, 1.54) is 10.5 Å². The van der Waals surface area contributed by atoms with Crippen molar-refractivity contribution in [1.29, 1.82) is 0 Å². The molecule has 0 saturated carbocycles. The predicted octanol–water partition coefficient (Wildman–Crippen LogP) is 5.31. The molecule has 1 unspecified atom stereocenters. The molecule has 1 rings (SSSR count). The van der Waals surface area contributed by atoms with Gasteiger partial charge >= 0.3 is 0 Å². The van der Waals surface area contributed by atoms with Gasteiger partial charge in [0.1, 0.15) is 5.94 Å². The number of alkyl halides is 1. The summed E-state index contributed by atoms with van der Waals surface area (Å²) in [6.45, 7) is 6.32. The minimum Gasteiger partial charge on any atom is -0.367 e. The van der Waals surface area contributed by atoms with E-state index >= 15 is 0 Å². The molecule has 0 aliphatic carbocycles. The minimum atomic E-state index is 0.315. The maximum atomic E-state index is 5.47. The van der Waals surface area contributed by atoms with Crippen LogP contribution in [0.4, 0.5) is 0 Å². The first kappa shape index (κ1) is 14.7. The van der Waals surface area contributed by atoms with Crippen LogP contribution in [-0.2, 0) is 4.74 Å². The molecule has 0 saturated heterocycles. The number of benzene rings is 1. The Balaban J connectivity index is 2.32. The molecule has 1 aromatic rings. The summed E-state index contributed by atoms with van der Waals surface area (Å²) < 4.78 is 6.04.